The highest BCUT2D eigenvalue weighted by Crippen LogP contribution is 2.43. The molecule has 260 valence electrons. The van der Waals surface area contributed by atoms with Crippen molar-refractivity contribution in [2.24, 2.45) is 0 Å². The maximum absolute atomic E-state index is 14.2. The van der Waals surface area contributed by atoms with Gasteiger partial charge in [-0.3, -0.25) is 4.90 Å². The fraction of sp³-hybridized carbons (Fsp3) is 0.679. The van der Waals surface area contributed by atoms with Gasteiger partial charge in [-0.15, -0.1) is 0 Å². The summed E-state index contributed by atoms with van der Waals surface area (Å²) in [6.07, 6.45) is -4.46. The maximum atomic E-state index is 14.2. The first-order chi connectivity index (χ1) is 21.7. The first-order valence-electron chi connectivity index (χ1n) is 14.8. The van der Waals surface area contributed by atoms with Gasteiger partial charge in [-0.2, -0.15) is 40.0 Å². The van der Waals surface area contributed by atoms with Gasteiger partial charge in [-0.1, -0.05) is 0 Å². The summed E-state index contributed by atoms with van der Waals surface area (Å²) in [5.41, 5.74) is -9.73. The predicted octanol–water partition coefficient (Wildman–Crippen LogP) is 3.83. The Labute approximate surface area is 267 Å². The van der Waals surface area contributed by atoms with E-state index in [1.54, 1.807) is 36.6 Å². The molecule has 19 heteroatoms. The third-order valence-corrected chi connectivity index (χ3v) is 9.47. The summed E-state index contributed by atoms with van der Waals surface area (Å²) in [4.78, 5) is 23.1. The van der Waals surface area contributed by atoms with Gasteiger partial charge < -0.3 is 28.4 Å². The van der Waals surface area contributed by atoms with E-state index in [2.05, 4.69) is 14.1 Å². The number of nitriles is 1. The van der Waals surface area contributed by atoms with E-state index in [-0.39, 0.29) is 50.1 Å². The van der Waals surface area contributed by atoms with Crippen LogP contribution >= 0.6 is 0 Å². The van der Waals surface area contributed by atoms with E-state index in [1.165, 1.54) is 11.0 Å². The molecule has 1 amide bonds. The molecule has 5 heterocycles. The number of carbonyl (C=O) groups is 1. The van der Waals surface area contributed by atoms with Crippen molar-refractivity contribution in [3.8, 4) is 6.07 Å². The number of hydrogen-bond donors (Lipinski definition) is 0. The zero-order valence-electron chi connectivity index (χ0n) is 25.8. The number of pyridine rings is 1. The van der Waals surface area contributed by atoms with Gasteiger partial charge in [-0.25, -0.2) is 9.78 Å². The standard InChI is InChI=1S/C28H34F6N6O6S/c1-25(2,3)45-24(41)39-11-9-37(10-12-39)18-16-40(17-18)20-14-22(36-23(19(20)15-35)27(29,30)31)38-7-5-26(6-8-38)21(4-13-44-26)46-47(42,43)28(32,33)34/h4,14,18H,5-13,16-17H2,1-3H3. The van der Waals surface area contributed by atoms with Crippen LogP contribution in [0.1, 0.15) is 44.9 Å². The van der Waals surface area contributed by atoms with Crippen LogP contribution in [-0.2, 0) is 30.0 Å². The number of halogens is 6. The Kier molecular flexibility index (Phi) is 9.03. The molecule has 47 heavy (non-hydrogen) atoms. The molecule has 0 atom stereocenters. The number of nitrogens with zero attached hydrogens (tertiary/aromatic N) is 6. The van der Waals surface area contributed by atoms with Crippen molar-refractivity contribution in [1.82, 2.24) is 14.8 Å². The minimum absolute atomic E-state index is 0.0270. The minimum Gasteiger partial charge on any atom is -0.444 e. The highest BCUT2D eigenvalue weighted by atomic mass is 32.2. The molecular formula is C28H34F6N6O6S. The normalized spacial score (nSPS) is 21.4. The van der Waals surface area contributed by atoms with Crippen LogP contribution in [0.3, 0.4) is 0 Å². The topological polar surface area (TPSA) is 129 Å². The van der Waals surface area contributed by atoms with Crippen LogP contribution in [0.2, 0.25) is 0 Å². The summed E-state index contributed by atoms with van der Waals surface area (Å²) in [6.45, 7) is 7.63. The molecule has 0 aliphatic carbocycles. The molecular weight excluding hydrogens is 662 g/mol. The fourth-order valence-electron chi connectivity index (χ4n) is 6.02. The van der Waals surface area contributed by atoms with Gasteiger partial charge in [0.15, 0.2) is 5.69 Å². The number of piperazine rings is 1. The molecule has 0 N–H and O–H groups in total. The van der Waals surface area contributed by atoms with E-state index in [4.69, 9.17) is 9.47 Å². The second-order valence-corrected chi connectivity index (χ2v) is 14.3. The third kappa shape index (κ3) is 7.18. The number of rotatable bonds is 5. The van der Waals surface area contributed by atoms with Gasteiger partial charge in [0.1, 0.15) is 34.4 Å². The summed E-state index contributed by atoms with van der Waals surface area (Å²) >= 11 is 0. The first kappa shape index (κ1) is 34.8. The molecule has 0 saturated carbocycles. The number of anilines is 2. The number of hydrogen-bond acceptors (Lipinski definition) is 11. The van der Waals surface area contributed by atoms with Crippen LogP contribution in [0.4, 0.5) is 42.6 Å². The molecule has 1 spiro atoms. The van der Waals surface area contributed by atoms with Gasteiger partial charge in [0.05, 0.1) is 12.3 Å². The second kappa shape index (κ2) is 12.2. The molecule has 0 aromatic carbocycles. The van der Waals surface area contributed by atoms with Crippen molar-refractivity contribution >= 4 is 27.7 Å². The van der Waals surface area contributed by atoms with E-state index in [1.807, 2.05) is 0 Å². The predicted molar refractivity (Wildman–Crippen MR) is 154 cm³/mol. The summed E-state index contributed by atoms with van der Waals surface area (Å²) < 4.78 is 120. The van der Waals surface area contributed by atoms with Crippen molar-refractivity contribution in [3.05, 3.63) is 29.2 Å². The van der Waals surface area contributed by atoms with E-state index in [0.29, 0.717) is 39.3 Å². The molecule has 1 aromatic heterocycles. The lowest BCUT2D eigenvalue weighted by molar-refractivity contribution is -0.141. The molecule has 0 radical (unpaired) electrons. The zero-order chi connectivity index (χ0) is 34.6. The van der Waals surface area contributed by atoms with Crippen molar-refractivity contribution in [1.29, 1.82) is 5.26 Å². The number of aromatic nitrogens is 1. The Bertz CT molecular complexity index is 1550. The number of alkyl halides is 6. The van der Waals surface area contributed by atoms with Crippen molar-refractivity contribution in [3.63, 3.8) is 0 Å². The quantitative estimate of drug-likeness (QED) is 0.253. The summed E-state index contributed by atoms with van der Waals surface area (Å²) in [7, 11) is -5.95. The van der Waals surface area contributed by atoms with Crippen molar-refractivity contribution in [2.45, 2.75) is 62.5 Å². The summed E-state index contributed by atoms with van der Waals surface area (Å²) in [5.74, 6) is -0.611. The Hall–Kier alpha value is -3.50. The van der Waals surface area contributed by atoms with Crippen LogP contribution < -0.4 is 9.80 Å². The van der Waals surface area contributed by atoms with E-state index >= 15 is 0 Å². The largest absolute Gasteiger partial charge is 0.534 e. The van der Waals surface area contributed by atoms with Crippen LogP contribution in [0.15, 0.2) is 17.9 Å². The number of piperidine rings is 1. The Morgan fingerprint density at radius 3 is 2.17 bits per heavy atom. The summed E-state index contributed by atoms with van der Waals surface area (Å²) in [5, 5.41) is 9.77. The zero-order valence-corrected chi connectivity index (χ0v) is 26.6. The highest BCUT2D eigenvalue weighted by Gasteiger charge is 2.53. The number of amides is 1. The van der Waals surface area contributed by atoms with Crippen LogP contribution in [-0.4, -0.2) is 111 Å². The smallest absolute Gasteiger partial charge is 0.444 e. The molecule has 0 unspecified atom stereocenters. The first-order valence-corrected chi connectivity index (χ1v) is 16.2. The Morgan fingerprint density at radius 2 is 1.64 bits per heavy atom. The van der Waals surface area contributed by atoms with Gasteiger partial charge in [0, 0.05) is 77.3 Å². The lowest BCUT2D eigenvalue weighted by Gasteiger charge is -2.49. The maximum Gasteiger partial charge on any atom is 0.534 e. The Balaban J connectivity index is 1.28. The second-order valence-electron chi connectivity index (χ2n) is 12.7. The van der Waals surface area contributed by atoms with E-state index in [9.17, 15) is 44.8 Å². The van der Waals surface area contributed by atoms with Crippen molar-refractivity contribution in [2.75, 3.05) is 68.8 Å². The molecule has 3 saturated heterocycles. The molecule has 0 bridgehead atoms. The molecule has 4 aliphatic heterocycles. The summed E-state index contributed by atoms with van der Waals surface area (Å²) in [6, 6.07) is 3.01. The average molecular weight is 697 g/mol. The monoisotopic (exact) mass is 696 g/mol. The van der Waals surface area contributed by atoms with Crippen molar-refractivity contribution < 1.29 is 53.2 Å². The van der Waals surface area contributed by atoms with Gasteiger partial charge in [-0.05, 0) is 26.8 Å². The lowest BCUT2D eigenvalue weighted by Crippen LogP contribution is -2.64. The van der Waals surface area contributed by atoms with Gasteiger partial charge >= 0.3 is 27.9 Å². The van der Waals surface area contributed by atoms with Gasteiger partial charge in [0.25, 0.3) is 0 Å². The Morgan fingerprint density at radius 1 is 1.02 bits per heavy atom. The molecule has 5 rings (SSSR count). The van der Waals surface area contributed by atoms with E-state index < -0.39 is 56.1 Å². The average Bonchev–Trinajstić information content (AvgIpc) is 3.30. The third-order valence-electron chi connectivity index (χ3n) is 8.51. The molecule has 1 aromatic rings. The number of ether oxygens (including phenoxy) is 2. The molecule has 4 aliphatic rings. The fourth-order valence-corrected chi connectivity index (χ4v) is 6.57. The molecule has 3 fully saturated rings. The van der Waals surface area contributed by atoms with Crippen LogP contribution in [0.25, 0.3) is 0 Å². The number of carbonyl (C=O) groups excluding carboxylic acids is 1. The van der Waals surface area contributed by atoms with Crippen LogP contribution in [0.5, 0.6) is 0 Å². The SMILES string of the molecule is CC(C)(C)OC(=O)N1CCN(C2CN(c3cc(N4CCC5(CC4)OCC=C5OS(=O)(=O)C(F)(F)F)nc(C(F)(F)F)c3C#N)C2)CC1. The highest BCUT2D eigenvalue weighted by molar-refractivity contribution is 7.87. The lowest BCUT2D eigenvalue weighted by atomic mass is 9.90. The minimum atomic E-state index is -5.95. The van der Waals surface area contributed by atoms with Gasteiger partial charge in [0.2, 0.25) is 0 Å². The molecule has 12 nitrogen and oxygen atoms in total. The van der Waals surface area contributed by atoms with E-state index in [0.717, 1.165) is 6.08 Å². The van der Waals surface area contributed by atoms with Crippen LogP contribution in [0, 0.1) is 11.3 Å².